The van der Waals surface area contributed by atoms with Crippen molar-refractivity contribution in [2.75, 3.05) is 0 Å². The van der Waals surface area contributed by atoms with Crippen LogP contribution in [-0.4, -0.2) is 18.2 Å². The molecule has 5 nitrogen and oxygen atoms in total. The fourth-order valence-electron chi connectivity index (χ4n) is 1.40. The van der Waals surface area contributed by atoms with Gasteiger partial charge in [-0.3, -0.25) is 4.68 Å². The molecule has 1 aromatic carbocycles. The van der Waals surface area contributed by atoms with E-state index in [9.17, 15) is 8.42 Å². The predicted molar refractivity (Wildman–Crippen MR) is 69.2 cm³/mol. The van der Waals surface area contributed by atoms with Crippen LogP contribution in [-0.2, 0) is 16.6 Å². The maximum absolute atomic E-state index is 11.1. The van der Waals surface area contributed by atoms with Crippen LogP contribution in [0.3, 0.4) is 0 Å². The van der Waals surface area contributed by atoms with E-state index in [1.165, 1.54) is 17.1 Å². The molecule has 0 aliphatic heterocycles. The van der Waals surface area contributed by atoms with Gasteiger partial charge in [-0.25, -0.2) is 13.6 Å². The Morgan fingerprint density at radius 1 is 1.28 bits per heavy atom. The lowest BCUT2D eigenvalue weighted by Gasteiger charge is -2.03. The van der Waals surface area contributed by atoms with Gasteiger partial charge in [-0.1, -0.05) is 29.3 Å². The molecule has 2 rings (SSSR count). The van der Waals surface area contributed by atoms with Crippen LogP contribution in [0, 0.1) is 0 Å². The summed E-state index contributed by atoms with van der Waals surface area (Å²) in [7, 11) is -3.72. The first-order valence-corrected chi connectivity index (χ1v) is 7.15. The highest BCUT2D eigenvalue weighted by Gasteiger charge is 2.10. The summed E-state index contributed by atoms with van der Waals surface area (Å²) in [6, 6.07) is 5.15. The van der Waals surface area contributed by atoms with E-state index in [4.69, 9.17) is 28.3 Å². The van der Waals surface area contributed by atoms with Crippen molar-refractivity contribution in [1.29, 1.82) is 0 Å². The monoisotopic (exact) mass is 305 g/mol. The number of aromatic nitrogens is 2. The van der Waals surface area contributed by atoms with Gasteiger partial charge >= 0.3 is 0 Å². The third-order valence-corrected chi connectivity index (χ3v) is 3.87. The van der Waals surface area contributed by atoms with Crippen LogP contribution in [0.1, 0.15) is 5.56 Å². The number of primary sulfonamides is 1. The summed E-state index contributed by atoms with van der Waals surface area (Å²) in [4.78, 5) is -0.0254. The minimum Gasteiger partial charge on any atom is -0.267 e. The number of nitrogens with two attached hydrogens (primary N) is 1. The molecule has 96 valence electrons. The number of halogens is 2. The summed E-state index contributed by atoms with van der Waals surface area (Å²) in [5.41, 5.74) is 0.855. The van der Waals surface area contributed by atoms with Gasteiger partial charge in [-0.05, 0) is 17.7 Å². The highest BCUT2D eigenvalue weighted by Crippen LogP contribution is 2.23. The minimum absolute atomic E-state index is 0.0254. The van der Waals surface area contributed by atoms with Gasteiger partial charge in [0.25, 0.3) is 0 Å². The highest BCUT2D eigenvalue weighted by molar-refractivity contribution is 7.89. The molecule has 0 aliphatic carbocycles. The smallest absolute Gasteiger partial charge is 0.241 e. The van der Waals surface area contributed by atoms with Crippen LogP contribution in [0.4, 0.5) is 0 Å². The molecule has 0 fully saturated rings. The molecule has 1 aromatic heterocycles. The molecule has 18 heavy (non-hydrogen) atoms. The largest absolute Gasteiger partial charge is 0.267 e. The lowest BCUT2D eigenvalue weighted by atomic mass is 10.2. The lowest BCUT2D eigenvalue weighted by molar-refractivity contribution is 0.597. The van der Waals surface area contributed by atoms with Gasteiger partial charge in [0.2, 0.25) is 10.0 Å². The Morgan fingerprint density at radius 2 is 2.00 bits per heavy atom. The Bertz CT molecular complexity index is 682. The van der Waals surface area contributed by atoms with E-state index in [0.29, 0.717) is 16.6 Å². The van der Waals surface area contributed by atoms with Crippen molar-refractivity contribution in [3.05, 3.63) is 46.2 Å². The molecule has 0 amide bonds. The predicted octanol–water partition coefficient (Wildman–Crippen LogP) is 1.89. The average molecular weight is 306 g/mol. The van der Waals surface area contributed by atoms with Gasteiger partial charge in [0, 0.05) is 6.20 Å². The molecule has 2 aromatic rings. The molecule has 1 heterocycles. The second-order valence-electron chi connectivity index (χ2n) is 3.67. The van der Waals surface area contributed by atoms with Crippen LogP contribution < -0.4 is 5.14 Å². The normalized spacial score (nSPS) is 11.7. The molecule has 0 unspecified atom stereocenters. The van der Waals surface area contributed by atoms with Gasteiger partial charge in [0.15, 0.2) is 0 Å². The first kappa shape index (κ1) is 13.4. The Kier molecular flexibility index (Phi) is 3.63. The number of hydrogen-bond donors (Lipinski definition) is 1. The van der Waals surface area contributed by atoms with Gasteiger partial charge < -0.3 is 0 Å². The Morgan fingerprint density at radius 3 is 2.56 bits per heavy atom. The summed E-state index contributed by atoms with van der Waals surface area (Å²) < 4.78 is 23.6. The summed E-state index contributed by atoms with van der Waals surface area (Å²) in [5, 5.41) is 9.80. The van der Waals surface area contributed by atoms with E-state index >= 15 is 0 Å². The third-order valence-electron chi connectivity index (χ3n) is 2.27. The van der Waals surface area contributed by atoms with Crippen molar-refractivity contribution in [1.82, 2.24) is 9.78 Å². The Hall–Kier alpha value is -1.08. The zero-order valence-electron chi connectivity index (χ0n) is 9.05. The molecule has 0 aliphatic rings. The van der Waals surface area contributed by atoms with Crippen LogP contribution in [0.2, 0.25) is 10.0 Å². The maximum atomic E-state index is 11.1. The number of benzene rings is 1. The molecule has 0 spiro atoms. The standard InChI is InChI=1S/C10H9Cl2N3O2S/c11-9-2-1-7(3-10(9)12)5-15-6-8(4-14-15)18(13,16)17/h1-4,6H,5H2,(H2,13,16,17). The van der Waals surface area contributed by atoms with E-state index in [1.807, 2.05) is 0 Å². The molecular formula is C10H9Cl2N3O2S. The van der Waals surface area contributed by atoms with E-state index in [1.54, 1.807) is 18.2 Å². The maximum Gasteiger partial charge on any atom is 0.241 e. The Labute approximate surface area is 114 Å². The van der Waals surface area contributed by atoms with E-state index < -0.39 is 10.0 Å². The topological polar surface area (TPSA) is 78.0 Å². The summed E-state index contributed by atoms with van der Waals surface area (Å²) in [6.45, 7) is 0.381. The molecular weight excluding hydrogens is 297 g/mol. The molecule has 0 radical (unpaired) electrons. The number of rotatable bonds is 3. The van der Waals surface area contributed by atoms with Gasteiger partial charge in [-0.15, -0.1) is 0 Å². The fourth-order valence-corrected chi connectivity index (χ4v) is 2.19. The van der Waals surface area contributed by atoms with Crippen molar-refractivity contribution >= 4 is 33.2 Å². The minimum atomic E-state index is -3.72. The third kappa shape index (κ3) is 3.02. The zero-order chi connectivity index (χ0) is 13.3. The molecule has 2 N–H and O–H groups in total. The van der Waals surface area contributed by atoms with E-state index in [-0.39, 0.29) is 4.90 Å². The van der Waals surface area contributed by atoms with Crippen molar-refractivity contribution in [3.8, 4) is 0 Å². The second-order valence-corrected chi connectivity index (χ2v) is 6.04. The Balaban J connectivity index is 2.24. The second kappa shape index (κ2) is 4.89. The van der Waals surface area contributed by atoms with Crippen LogP contribution in [0.15, 0.2) is 35.5 Å². The fraction of sp³-hybridized carbons (Fsp3) is 0.100. The van der Waals surface area contributed by atoms with E-state index in [0.717, 1.165) is 5.56 Å². The molecule has 8 heteroatoms. The average Bonchev–Trinajstić information content (AvgIpc) is 2.72. The van der Waals surface area contributed by atoms with Crippen molar-refractivity contribution in [3.63, 3.8) is 0 Å². The first-order valence-electron chi connectivity index (χ1n) is 4.85. The molecule has 0 atom stereocenters. The summed E-state index contributed by atoms with van der Waals surface area (Å²) >= 11 is 11.7. The van der Waals surface area contributed by atoms with Crippen LogP contribution in [0.25, 0.3) is 0 Å². The SMILES string of the molecule is NS(=O)(=O)c1cnn(Cc2ccc(Cl)c(Cl)c2)c1. The molecule has 0 bridgehead atoms. The number of sulfonamides is 1. The number of nitrogens with zero attached hydrogens (tertiary/aromatic N) is 2. The molecule has 0 saturated carbocycles. The van der Waals surface area contributed by atoms with Gasteiger partial charge in [-0.2, -0.15) is 5.10 Å². The van der Waals surface area contributed by atoms with E-state index in [2.05, 4.69) is 5.10 Å². The summed E-state index contributed by atoms with van der Waals surface area (Å²) in [6.07, 6.45) is 2.56. The van der Waals surface area contributed by atoms with Crippen LogP contribution >= 0.6 is 23.2 Å². The summed E-state index contributed by atoms with van der Waals surface area (Å²) in [5.74, 6) is 0. The molecule has 0 saturated heterocycles. The van der Waals surface area contributed by atoms with Gasteiger partial charge in [0.1, 0.15) is 4.90 Å². The quantitative estimate of drug-likeness (QED) is 0.940. The van der Waals surface area contributed by atoms with Crippen LogP contribution in [0.5, 0.6) is 0 Å². The van der Waals surface area contributed by atoms with Crippen molar-refractivity contribution in [2.45, 2.75) is 11.4 Å². The lowest BCUT2D eigenvalue weighted by Crippen LogP contribution is -2.11. The van der Waals surface area contributed by atoms with Crippen molar-refractivity contribution in [2.24, 2.45) is 5.14 Å². The highest BCUT2D eigenvalue weighted by atomic mass is 35.5. The van der Waals surface area contributed by atoms with Gasteiger partial charge in [0.05, 0.1) is 22.8 Å². The first-order chi connectivity index (χ1) is 8.36. The number of hydrogen-bond acceptors (Lipinski definition) is 3. The zero-order valence-corrected chi connectivity index (χ0v) is 11.4. The van der Waals surface area contributed by atoms with Crippen molar-refractivity contribution < 1.29 is 8.42 Å².